The Morgan fingerprint density at radius 1 is 1.10 bits per heavy atom. The predicted molar refractivity (Wildman–Crippen MR) is 93.9 cm³/mol. The van der Waals surface area contributed by atoms with E-state index in [1.165, 1.54) is 45.4 Å². The lowest BCUT2D eigenvalue weighted by Crippen LogP contribution is -2.45. The molecule has 1 heterocycles. The zero-order chi connectivity index (χ0) is 15.8. The van der Waals surface area contributed by atoms with Crippen molar-refractivity contribution in [2.75, 3.05) is 32.7 Å². The lowest BCUT2D eigenvalue weighted by atomic mass is 9.94. The van der Waals surface area contributed by atoms with E-state index in [0.717, 1.165) is 12.5 Å². The van der Waals surface area contributed by atoms with Gasteiger partial charge >= 0.3 is 0 Å². The molecule has 3 nitrogen and oxygen atoms in total. The van der Waals surface area contributed by atoms with Crippen molar-refractivity contribution in [1.82, 2.24) is 15.1 Å². The van der Waals surface area contributed by atoms with Crippen LogP contribution in [0.5, 0.6) is 0 Å². The van der Waals surface area contributed by atoms with Gasteiger partial charge in [-0.15, -0.1) is 0 Å². The van der Waals surface area contributed by atoms with Gasteiger partial charge in [-0.25, -0.2) is 0 Å². The van der Waals surface area contributed by atoms with Crippen molar-refractivity contribution < 1.29 is 0 Å². The molecular formula is C18H39N3. The minimum atomic E-state index is 0.595. The fourth-order valence-corrected chi connectivity index (χ4v) is 3.23. The van der Waals surface area contributed by atoms with Crippen molar-refractivity contribution >= 4 is 0 Å². The molecule has 3 heteroatoms. The summed E-state index contributed by atoms with van der Waals surface area (Å²) in [6.45, 7) is 20.0. The first-order chi connectivity index (χ1) is 9.93. The normalized spacial score (nSPS) is 19.9. The van der Waals surface area contributed by atoms with E-state index in [-0.39, 0.29) is 0 Å². The second-order valence-corrected chi connectivity index (χ2v) is 7.43. The molecule has 1 rings (SSSR count). The summed E-state index contributed by atoms with van der Waals surface area (Å²) in [4.78, 5) is 5.34. The third-order valence-electron chi connectivity index (χ3n) is 5.04. The predicted octanol–water partition coefficient (Wildman–Crippen LogP) is 3.21. The van der Waals surface area contributed by atoms with Crippen molar-refractivity contribution in [1.29, 1.82) is 0 Å². The molecule has 1 N–H and O–H groups in total. The van der Waals surface area contributed by atoms with E-state index in [0.29, 0.717) is 18.1 Å². The average molecular weight is 298 g/mol. The molecule has 0 aliphatic carbocycles. The van der Waals surface area contributed by atoms with Crippen molar-refractivity contribution in [3.05, 3.63) is 0 Å². The summed E-state index contributed by atoms with van der Waals surface area (Å²) in [5, 5.41) is 3.56. The van der Waals surface area contributed by atoms with Crippen LogP contribution < -0.4 is 5.32 Å². The molecule has 0 aromatic rings. The van der Waals surface area contributed by atoms with Gasteiger partial charge in [0, 0.05) is 37.8 Å². The van der Waals surface area contributed by atoms with Crippen molar-refractivity contribution in [2.45, 2.75) is 78.9 Å². The smallest absolute Gasteiger partial charge is 0.0110 e. The van der Waals surface area contributed by atoms with Crippen LogP contribution in [0.25, 0.3) is 0 Å². The average Bonchev–Trinajstić information content (AvgIpc) is 2.45. The molecule has 1 fully saturated rings. The molecule has 1 saturated heterocycles. The highest BCUT2D eigenvalue weighted by Gasteiger charge is 2.24. The molecule has 0 radical (unpaired) electrons. The number of rotatable bonds is 9. The van der Waals surface area contributed by atoms with Crippen LogP contribution in [-0.4, -0.2) is 60.6 Å². The minimum absolute atomic E-state index is 0.595. The molecule has 126 valence electrons. The fraction of sp³-hybridized carbons (Fsp3) is 1.00. The lowest BCUT2D eigenvalue weighted by Gasteiger charge is -2.38. The van der Waals surface area contributed by atoms with Crippen LogP contribution in [0, 0.1) is 5.92 Å². The maximum Gasteiger partial charge on any atom is 0.0110 e. The van der Waals surface area contributed by atoms with Crippen LogP contribution in [0.1, 0.15) is 60.8 Å². The summed E-state index contributed by atoms with van der Waals surface area (Å²) in [6.07, 6.45) is 4.01. The molecule has 0 aromatic carbocycles. The van der Waals surface area contributed by atoms with Crippen LogP contribution in [0.3, 0.4) is 0 Å². The highest BCUT2D eigenvalue weighted by Crippen LogP contribution is 2.21. The standard InChI is InChI=1S/C18H39N3/c1-7-17(6)21(13-10-19-15(2)3)14-18-8-11-20(12-9-18)16(4)5/h15-19H,7-14H2,1-6H3. The van der Waals surface area contributed by atoms with E-state index in [9.17, 15) is 0 Å². The van der Waals surface area contributed by atoms with Crippen LogP contribution >= 0.6 is 0 Å². The monoisotopic (exact) mass is 297 g/mol. The van der Waals surface area contributed by atoms with Gasteiger partial charge in [0.2, 0.25) is 0 Å². The number of hydrogen-bond acceptors (Lipinski definition) is 3. The largest absolute Gasteiger partial charge is 0.313 e. The van der Waals surface area contributed by atoms with E-state index in [1.807, 2.05) is 0 Å². The van der Waals surface area contributed by atoms with Crippen LogP contribution in [0.15, 0.2) is 0 Å². The van der Waals surface area contributed by atoms with Crippen molar-refractivity contribution in [2.24, 2.45) is 5.92 Å². The summed E-state index contributed by atoms with van der Waals surface area (Å²) in [5.74, 6) is 0.896. The van der Waals surface area contributed by atoms with Crippen molar-refractivity contribution in [3.8, 4) is 0 Å². The van der Waals surface area contributed by atoms with E-state index in [1.54, 1.807) is 0 Å². The Kier molecular flexibility index (Phi) is 8.84. The van der Waals surface area contributed by atoms with Gasteiger partial charge in [0.15, 0.2) is 0 Å². The van der Waals surface area contributed by atoms with Crippen molar-refractivity contribution in [3.63, 3.8) is 0 Å². The molecule has 1 aliphatic heterocycles. The highest BCUT2D eigenvalue weighted by atomic mass is 15.2. The molecule has 21 heavy (non-hydrogen) atoms. The van der Waals surface area contributed by atoms with E-state index in [4.69, 9.17) is 0 Å². The Labute approximate surface area is 133 Å². The van der Waals surface area contributed by atoms with Gasteiger partial charge in [-0.1, -0.05) is 20.8 Å². The summed E-state index contributed by atoms with van der Waals surface area (Å²) >= 11 is 0. The maximum atomic E-state index is 3.56. The first-order valence-electron chi connectivity index (χ1n) is 9.15. The topological polar surface area (TPSA) is 18.5 Å². The third-order valence-corrected chi connectivity index (χ3v) is 5.04. The molecule has 1 unspecified atom stereocenters. The second-order valence-electron chi connectivity index (χ2n) is 7.43. The Hall–Kier alpha value is -0.120. The van der Waals surface area contributed by atoms with E-state index in [2.05, 4.69) is 56.7 Å². The zero-order valence-corrected chi connectivity index (χ0v) is 15.4. The molecule has 0 amide bonds. The molecule has 1 atom stereocenters. The summed E-state index contributed by atoms with van der Waals surface area (Å²) in [6, 6.07) is 2.02. The molecule has 1 aliphatic rings. The van der Waals surface area contributed by atoms with Gasteiger partial charge in [-0.05, 0) is 59.0 Å². The Bertz CT molecular complexity index is 257. The van der Waals surface area contributed by atoms with Crippen LogP contribution in [-0.2, 0) is 0 Å². The highest BCUT2D eigenvalue weighted by molar-refractivity contribution is 4.79. The van der Waals surface area contributed by atoms with Gasteiger partial charge in [-0.3, -0.25) is 4.90 Å². The van der Waals surface area contributed by atoms with Gasteiger partial charge < -0.3 is 10.2 Å². The number of nitrogens with one attached hydrogen (secondary N) is 1. The van der Waals surface area contributed by atoms with Crippen LogP contribution in [0.2, 0.25) is 0 Å². The first kappa shape index (κ1) is 18.9. The minimum Gasteiger partial charge on any atom is -0.313 e. The summed E-state index contributed by atoms with van der Waals surface area (Å²) < 4.78 is 0. The molecular weight excluding hydrogens is 258 g/mol. The third kappa shape index (κ3) is 7.12. The Balaban J connectivity index is 2.38. The number of nitrogens with zero attached hydrogens (tertiary/aromatic N) is 2. The van der Waals surface area contributed by atoms with Crippen LogP contribution in [0.4, 0.5) is 0 Å². The molecule has 0 aromatic heterocycles. The lowest BCUT2D eigenvalue weighted by molar-refractivity contribution is 0.105. The fourth-order valence-electron chi connectivity index (χ4n) is 3.23. The first-order valence-corrected chi connectivity index (χ1v) is 9.15. The van der Waals surface area contributed by atoms with E-state index >= 15 is 0 Å². The number of likely N-dealkylation sites (tertiary alicyclic amines) is 1. The van der Waals surface area contributed by atoms with Gasteiger partial charge in [0.05, 0.1) is 0 Å². The molecule has 0 bridgehead atoms. The molecule has 0 spiro atoms. The SMILES string of the molecule is CCC(C)N(CCNC(C)C)CC1CCN(C(C)C)CC1. The van der Waals surface area contributed by atoms with E-state index < -0.39 is 0 Å². The quantitative estimate of drug-likeness (QED) is 0.705. The molecule has 0 saturated carbocycles. The summed E-state index contributed by atoms with van der Waals surface area (Å²) in [7, 11) is 0. The maximum absolute atomic E-state index is 3.56. The summed E-state index contributed by atoms with van der Waals surface area (Å²) in [5.41, 5.74) is 0. The second kappa shape index (κ2) is 9.81. The van der Waals surface area contributed by atoms with Gasteiger partial charge in [0.25, 0.3) is 0 Å². The number of piperidine rings is 1. The number of hydrogen-bond donors (Lipinski definition) is 1. The zero-order valence-electron chi connectivity index (χ0n) is 15.4. The van der Waals surface area contributed by atoms with Gasteiger partial charge in [-0.2, -0.15) is 0 Å². The Morgan fingerprint density at radius 2 is 1.71 bits per heavy atom. The Morgan fingerprint density at radius 3 is 2.19 bits per heavy atom. The van der Waals surface area contributed by atoms with Gasteiger partial charge in [0.1, 0.15) is 0 Å².